The number of hydrogen-bond donors (Lipinski definition) is 2. The van der Waals surface area contributed by atoms with E-state index in [1.54, 1.807) is 23.3 Å². The normalized spacial score (nSPS) is 17.9. The second-order valence-corrected chi connectivity index (χ2v) is 9.06. The van der Waals surface area contributed by atoms with Crippen LogP contribution in [0.1, 0.15) is 64.1 Å². The molecule has 7 nitrogen and oxygen atoms in total. The van der Waals surface area contributed by atoms with Gasteiger partial charge in [0.05, 0.1) is 17.2 Å². The van der Waals surface area contributed by atoms with E-state index in [0.717, 1.165) is 36.0 Å². The Balaban J connectivity index is 0.00000392. The van der Waals surface area contributed by atoms with E-state index >= 15 is 0 Å². The van der Waals surface area contributed by atoms with Crippen molar-refractivity contribution in [2.45, 2.75) is 71.6 Å². The Morgan fingerprint density at radius 3 is 2.75 bits per heavy atom. The van der Waals surface area contributed by atoms with Crippen LogP contribution in [0.3, 0.4) is 0 Å². The number of halogens is 1. The third-order valence-electron chi connectivity index (χ3n) is 4.14. The highest BCUT2D eigenvalue weighted by molar-refractivity contribution is 14.0. The fourth-order valence-electron chi connectivity index (χ4n) is 2.82. The van der Waals surface area contributed by atoms with Gasteiger partial charge in [-0.3, -0.25) is 4.99 Å². The number of nitrogens with zero attached hydrogens (tertiary/aromatic N) is 3. The van der Waals surface area contributed by atoms with Crippen LogP contribution in [-0.2, 0) is 11.3 Å². The second kappa shape index (κ2) is 11.2. The number of guanidine groups is 1. The van der Waals surface area contributed by atoms with Crippen molar-refractivity contribution in [3.63, 3.8) is 0 Å². The Kier molecular flexibility index (Phi) is 9.96. The second-order valence-electron chi connectivity index (χ2n) is 8.17. The van der Waals surface area contributed by atoms with Crippen LogP contribution in [0.15, 0.2) is 10.4 Å². The van der Waals surface area contributed by atoms with E-state index in [4.69, 9.17) is 4.74 Å². The van der Waals surface area contributed by atoms with Crippen molar-refractivity contribution in [1.82, 2.24) is 20.5 Å². The van der Waals surface area contributed by atoms with Crippen LogP contribution in [0, 0.1) is 0 Å². The average molecular weight is 523 g/mol. The molecule has 1 saturated heterocycles. The highest BCUT2D eigenvalue weighted by Gasteiger charge is 2.28. The Bertz CT molecular complexity index is 657. The summed E-state index contributed by atoms with van der Waals surface area (Å²) in [6.45, 7) is 11.9. The first kappa shape index (κ1) is 24.9. The maximum atomic E-state index is 12.3. The number of ether oxygens (including phenoxy) is 1. The molecule has 0 aliphatic carbocycles. The van der Waals surface area contributed by atoms with Crippen LogP contribution in [0.4, 0.5) is 4.79 Å². The number of thiazole rings is 1. The molecular formula is C19H34IN5O2S. The van der Waals surface area contributed by atoms with E-state index in [0.29, 0.717) is 19.0 Å². The van der Waals surface area contributed by atoms with Crippen molar-refractivity contribution >= 4 is 47.4 Å². The fourth-order valence-corrected chi connectivity index (χ4v) is 3.65. The van der Waals surface area contributed by atoms with Gasteiger partial charge in [-0.15, -0.1) is 35.3 Å². The number of likely N-dealkylation sites (tertiary alicyclic amines) is 1. The van der Waals surface area contributed by atoms with Crippen molar-refractivity contribution in [3.05, 3.63) is 16.1 Å². The number of amides is 1. The van der Waals surface area contributed by atoms with Gasteiger partial charge in [-0.25, -0.2) is 9.78 Å². The van der Waals surface area contributed by atoms with Gasteiger partial charge in [0.2, 0.25) is 0 Å². The molecule has 2 rings (SSSR count). The predicted molar refractivity (Wildman–Crippen MR) is 126 cm³/mol. The van der Waals surface area contributed by atoms with Gasteiger partial charge >= 0.3 is 6.09 Å². The van der Waals surface area contributed by atoms with E-state index in [2.05, 4.69) is 39.8 Å². The van der Waals surface area contributed by atoms with Crippen molar-refractivity contribution < 1.29 is 9.53 Å². The lowest BCUT2D eigenvalue weighted by Crippen LogP contribution is -2.53. The average Bonchev–Trinajstić information content (AvgIpc) is 3.06. The van der Waals surface area contributed by atoms with Crippen molar-refractivity contribution in [3.8, 4) is 0 Å². The Morgan fingerprint density at radius 2 is 2.18 bits per heavy atom. The molecule has 1 aromatic heterocycles. The molecule has 0 spiro atoms. The molecule has 0 radical (unpaired) electrons. The molecule has 0 aromatic carbocycles. The monoisotopic (exact) mass is 523 g/mol. The van der Waals surface area contributed by atoms with Gasteiger partial charge in [-0.2, -0.15) is 0 Å². The third kappa shape index (κ3) is 8.10. The molecule has 1 aliphatic heterocycles. The first-order valence-corrected chi connectivity index (χ1v) is 10.5. The lowest BCUT2D eigenvalue weighted by molar-refractivity contribution is 0.0193. The molecule has 1 aromatic rings. The number of nitrogens with one attached hydrogen (secondary N) is 2. The predicted octanol–water partition coefficient (Wildman–Crippen LogP) is 3.95. The molecule has 1 unspecified atom stereocenters. The summed E-state index contributed by atoms with van der Waals surface area (Å²) in [6.07, 6.45) is 1.69. The first-order valence-electron chi connectivity index (χ1n) is 9.57. The largest absolute Gasteiger partial charge is 0.444 e. The molecule has 28 heavy (non-hydrogen) atoms. The quantitative estimate of drug-likeness (QED) is 0.355. The summed E-state index contributed by atoms with van der Waals surface area (Å²) in [6, 6.07) is 0.152. The number of rotatable bonds is 4. The summed E-state index contributed by atoms with van der Waals surface area (Å²) >= 11 is 1.69. The van der Waals surface area contributed by atoms with Crippen LogP contribution in [-0.4, -0.2) is 53.7 Å². The number of hydrogen-bond acceptors (Lipinski definition) is 5. The Labute approximate surface area is 189 Å². The van der Waals surface area contributed by atoms with Crippen LogP contribution in [0.5, 0.6) is 0 Å². The van der Waals surface area contributed by atoms with Gasteiger partial charge in [-0.1, -0.05) is 13.8 Å². The number of carbonyl (C=O) groups is 1. The summed E-state index contributed by atoms with van der Waals surface area (Å²) in [4.78, 5) is 23.0. The highest BCUT2D eigenvalue weighted by atomic mass is 127. The number of aromatic nitrogens is 1. The minimum atomic E-state index is -0.475. The molecule has 1 fully saturated rings. The Morgan fingerprint density at radius 1 is 1.46 bits per heavy atom. The van der Waals surface area contributed by atoms with Crippen LogP contribution in [0.2, 0.25) is 0 Å². The topological polar surface area (TPSA) is 78.9 Å². The van der Waals surface area contributed by atoms with Crippen molar-refractivity contribution in [2.24, 2.45) is 4.99 Å². The van der Waals surface area contributed by atoms with E-state index in [9.17, 15) is 4.79 Å². The summed E-state index contributed by atoms with van der Waals surface area (Å²) in [5, 5.41) is 9.97. The van der Waals surface area contributed by atoms with Crippen molar-refractivity contribution in [2.75, 3.05) is 20.1 Å². The Hall–Kier alpha value is -1.10. The molecular weight excluding hydrogens is 489 g/mol. The van der Waals surface area contributed by atoms with Crippen LogP contribution in [0.25, 0.3) is 0 Å². The maximum absolute atomic E-state index is 12.3. The standard InChI is InChI=1S/C19H33N5O2S.HI/c1-13(2)16-22-15(12-27-16)10-21-17(20-6)23-14-8-7-9-24(11-14)18(25)26-19(3,4)5;/h12-14H,7-11H2,1-6H3,(H2,20,21,23);1H. The van der Waals surface area contributed by atoms with Crippen LogP contribution >= 0.6 is 35.3 Å². The van der Waals surface area contributed by atoms with Gasteiger partial charge in [0.1, 0.15) is 5.60 Å². The van der Waals surface area contributed by atoms with E-state index < -0.39 is 5.60 Å². The van der Waals surface area contributed by atoms with E-state index in [1.807, 2.05) is 20.8 Å². The van der Waals surface area contributed by atoms with Crippen LogP contribution < -0.4 is 10.6 Å². The zero-order valence-electron chi connectivity index (χ0n) is 17.7. The third-order valence-corrected chi connectivity index (χ3v) is 5.33. The summed E-state index contributed by atoms with van der Waals surface area (Å²) in [7, 11) is 1.75. The SMILES string of the molecule is CN=C(NCc1csc(C(C)C)n1)NC1CCCN(C(=O)OC(C)(C)C)C1.I. The van der Waals surface area contributed by atoms with E-state index in [1.165, 1.54) is 0 Å². The lowest BCUT2D eigenvalue weighted by atomic mass is 10.1. The maximum Gasteiger partial charge on any atom is 0.410 e. The lowest BCUT2D eigenvalue weighted by Gasteiger charge is -2.35. The summed E-state index contributed by atoms with van der Waals surface area (Å²) < 4.78 is 5.49. The number of aliphatic imine (C=N–C) groups is 1. The number of piperidine rings is 1. The molecule has 1 aliphatic rings. The van der Waals surface area contributed by atoms with Gasteiger partial charge in [0, 0.05) is 37.5 Å². The van der Waals surface area contributed by atoms with Gasteiger partial charge in [-0.05, 0) is 33.6 Å². The molecule has 0 saturated carbocycles. The zero-order valence-corrected chi connectivity index (χ0v) is 20.9. The molecule has 0 bridgehead atoms. The minimum Gasteiger partial charge on any atom is -0.444 e. The smallest absolute Gasteiger partial charge is 0.410 e. The summed E-state index contributed by atoms with van der Waals surface area (Å²) in [5.41, 5.74) is 0.544. The van der Waals surface area contributed by atoms with Gasteiger partial charge in [0.15, 0.2) is 5.96 Å². The fraction of sp³-hybridized carbons (Fsp3) is 0.737. The molecule has 2 heterocycles. The van der Waals surface area contributed by atoms with Crippen molar-refractivity contribution in [1.29, 1.82) is 0 Å². The van der Waals surface area contributed by atoms with E-state index in [-0.39, 0.29) is 36.1 Å². The molecule has 1 amide bonds. The van der Waals surface area contributed by atoms with Gasteiger partial charge in [0.25, 0.3) is 0 Å². The first-order chi connectivity index (χ1) is 12.7. The molecule has 160 valence electrons. The highest BCUT2D eigenvalue weighted by Crippen LogP contribution is 2.19. The zero-order chi connectivity index (χ0) is 20.0. The molecule has 1 atom stereocenters. The molecule has 9 heteroatoms. The minimum absolute atomic E-state index is 0. The molecule has 2 N–H and O–H groups in total. The summed E-state index contributed by atoms with van der Waals surface area (Å²) in [5.74, 6) is 1.17. The van der Waals surface area contributed by atoms with Gasteiger partial charge < -0.3 is 20.3 Å². The number of carbonyl (C=O) groups excluding carboxylic acids is 1.